The maximum absolute atomic E-state index is 5.87. The average Bonchev–Trinajstić information content (AvgIpc) is 3.07. The molecule has 3 rings (SSSR count). The largest absolute Gasteiger partial charge is 0.366 e. The lowest BCUT2D eigenvalue weighted by atomic mass is 9.90. The Labute approximate surface area is 105 Å². The van der Waals surface area contributed by atoms with Crippen LogP contribution in [0.3, 0.4) is 0 Å². The number of nitrogens with zero attached hydrogens (tertiary/aromatic N) is 1. The minimum Gasteiger partial charge on any atom is -0.366 e. The average molecular weight is 238 g/mol. The lowest BCUT2D eigenvalue weighted by Crippen LogP contribution is -2.44. The minimum atomic E-state index is 0.794. The fourth-order valence-corrected chi connectivity index (χ4v) is 3.37. The molecule has 1 N–H and O–H groups in total. The third kappa shape index (κ3) is 3.21. The Kier molecular flexibility index (Phi) is 3.99. The van der Waals surface area contributed by atoms with Crippen molar-refractivity contribution in [1.29, 1.82) is 0 Å². The molecule has 0 amide bonds. The van der Waals surface area contributed by atoms with E-state index in [1.807, 2.05) is 0 Å². The predicted molar refractivity (Wildman–Crippen MR) is 68.9 cm³/mol. The maximum Gasteiger partial charge on any atom is 0.0992 e. The highest BCUT2D eigenvalue weighted by molar-refractivity contribution is 4.87. The molecule has 0 aromatic heterocycles. The van der Waals surface area contributed by atoms with Gasteiger partial charge in [0.1, 0.15) is 0 Å². The van der Waals surface area contributed by atoms with E-state index in [2.05, 4.69) is 10.2 Å². The van der Waals surface area contributed by atoms with E-state index in [9.17, 15) is 0 Å². The quantitative estimate of drug-likeness (QED) is 0.791. The van der Waals surface area contributed by atoms with Gasteiger partial charge in [0, 0.05) is 12.6 Å². The Hall–Kier alpha value is -0.120. The molecule has 0 bridgehead atoms. The van der Waals surface area contributed by atoms with Crippen molar-refractivity contribution in [1.82, 2.24) is 10.2 Å². The van der Waals surface area contributed by atoms with Gasteiger partial charge >= 0.3 is 0 Å². The summed E-state index contributed by atoms with van der Waals surface area (Å²) in [5.41, 5.74) is 0. The molecular weight excluding hydrogens is 212 g/mol. The summed E-state index contributed by atoms with van der Waals surface area (Å²) < 4.78 is 5.87. The summed E-state index contributed by atoms with van der Waals surface area (Å²) in [5, 5.41) is 3.55. The summed E-state index contributed by atoms with van der Waals surface area (Å²) >= 11 is 0. The van der Waals surface area contributed by atoms with Gasteiger partial charge in [0.15, 0.2) is 0 Å². The third-order valence-electron chi connectivity index (χ3n) is 4.60. The van der Waals surface area contributed by atoms with Gasteiger partial charge in [-0.3, -0.25) is 4.90 Å². The number of piperidine rings is 1. The van der Waals surface area contributed by atoms with Crippen molar-refractivity contribution in [2.24, 2.45) is 11.8 Å². The topological polar surface area (TPSA) is 24.5 Å². The van der Waals surface area contributed by atoms with E-state index in [1.54, 1.807) is 0 Å². The Balaban J connectivity index is 1.44. The molecule has 1 saturated carbocycles. The molecule has 0 aromatic carbocycles. The summed E-state index contributed by atoms with van der Waals surface area (Å²) in [6, 6.07) is 0.794. The number of hydrogen-bond acceptors (Lipinski definition) is 3. The van der Waals surface area contributed by atoms with E-state index in [0.29, 0.717) is 0 Å². The van der Waals surface area contributed by atoms with Crippen LogP contribution in [0.15, 0.2) is 0 Å². The van der Waals surface area contributed by atoms with Crippen LogP contribution in [0.4, 0.5) is 0 Å². The normalized spacial score (nSPS) is 35.3. The molecule has 2 aliphatic heterocycles. The first-order valence-electron chi connectivity index (χ1n) is 7.46. The van der Waals surface area contributed by atoms with Crippen LogP contribution >= 0.6 is 0 Å². The Bertz CT molecular complexity index is 236. The third-order valence-corrected chi connectivity index (χ3v) is 4.60. The van der Waals surface area contributed by atoms with Crippen molar-refractivity contribution in [3.63, 3.8) is 0 Å². The van der Waals surface area contributed by atoms with E-state index in [4.69, 9.17) is 4.74 Å². The van der Waals surface area contributed by atoms with E-state index in [0.717, 1.165) is 31.2 Å². The molecule has 2 unspecified atom stereocenters. The number of rotatable bonds is 5. The smallest absolute Gasteiger partial charge is 0.0992 e. The van der Waals surface area contributed by atoms with Gasteiger partial charge in [-0.15, -0.1) is 0 Å². The molecule has 17 heavy (non-hydrogen) atoms. The zero-order valence-electron chi connectivity index (χ0n) is 10.9. The van der Waals surface area contributed by atoms with Crippen LogP contribution in [-0.4, -0.2) is 43.9 Å². The molecule has 3 aliphatic rings. The van der Waals surface area contributed by atoms with Gasteiger partial charge in [-0.1, -0.05) is 0 Å². The van der Waals surface area contributed by atoms with Crippen LogP contribution in [-0.2, 0) is 4.74 Å². The molecule has 3 fully saturated rings. The number of likely N-dealkylation sites (tertiary alicyclic amines) is 1. The van der Waals surface area contributed by atoms with Crippen molar-refractivity contribution in [2.45, 2.75) is 44.6 Å². The SMILES string of the molecule is C1CNCC(C2CCCN2COCC2CC2)C1. The second-order valence-electron chi connectivity index (χ2n) is 6.07. The van der Waals surface area contributed by atoms with E-state index >= 15 is 0 Å². The molecule has 3 nitrogen and oxygen atoms in total. The first kappa shape index (κ1) is 11.9. The van der Waals surface area contributed by atoms with Crippen molar-refractivity contribution in [3.05, 3.63) is 0 Å². The lowest BCUT2D eigenvalue weighted by Gasteiger charge is -2.34. The molecule has 0 radical (unpaired) electrons. The molecule has 98 valence electrons. The van der Waals surface area contributed by atoms with Crippen LogP contribution in [0, 0.1) is 11.8 Å². The van der Waals surface area contributed by atoms with Gasteiger partial charge < -0.3 is 10.1 Å². The molecule has 2 heterocycles. The molecule has 1 aliphatic carbocycles. The number of nitrogens with one attached hydrogen (secondary N) is 1. The fourth-order valence-electron chi connectivity index (χ4n) is 3.37. The fraction of sp³-hybridized carbons (Fsp3) is 1.00. The highest BCUT2D eigenvalue weighted by Gasteiger charge is 2.32. The van der Waals surface area contributed by atoms with Gasteiger partial charge in [0.25, 0.3) is 0 Å². The standard InChI is InChI=1S/C14H26N2O/c1-3-13(9-15-7-1)14-4-2-8-16(14)11-17-10-12-5-6-12/h12-15H,1-11H2. The van der Waals surface area contributed by atoms with Gasteiger partial charge in [0.05, 0.1) is 13.3 Å². The molecule has 2 saturated heterocycles. The predicted octanol–water partition coefficient (Wildman–Crippen LogP) is 1.83. The number of hydrogen-bond donors (Lipinski definition) is 1. The van der Waals surface area contributed by atoms with E-state index in [1.165, 1.54) is 58.2 Å². The van der Waals surface area contributed by atoms with Crippen LogP contribution in [0.5, 0.6) is 0 Å². The zero-order chi connectivity index (χ0) is 11.5. The van der Waals surface area contributed by atoms with Gasteiger partial charge in [0.2, 0.25) is 0 Å². The van der Waals surface area contributed by atoms with Gasteiger partial charge in [-0.05, 0) is 63.5 Å². The van der Waals surface area contributed by atoms with E-state index in [-0.39, 0.29) is 0 Å². The lowest BCUT2D eigenvalue weighted by molar-refractivity contribution is 0.00179. The van der Waals surface area contributed by atoms with Crippen LogP contribution in [0.25, 0.3) is 0 Å². The van der Waals surface area contributed by atoms with Crippen molar-refractivity contribution < 1.29 is 4.74 Å². The van der Waals surface area contributed by atoms with Crippen LogP contribution in [0.2, 0.25) is 0 Å². The molecule has 0 spiro atoms. The summed E-state index contributed by atoms with van der Waals surface area (Å²) in [6.45, 7) is 5.60. The second-order valence-corrected chi connectivity index (χ2v) is 6.07. The van der Waals surface area contributed by atoms with Crippen molar-refractivity contribution in [3.8, 4) is 0 Å². The van der Waals surface area contributed by atoms with Crippen LogP contribution in [0.1, 0.15) is 38.5 Å². The molecular formula is C14H26N2O. The monoisotopic (exact) mass is 238 g/mol. The Morgan fingerprint density at radius 3 is 2.82 bits per heavy atom. The molecule has 3 heteroatoms. The first-order chi connectivity index (χ1) is 8.43. The summed E-state index contributed by atoms with van der Waals surface area (Å²) in [4.78, 5) is 2.60. The van der Waals surface area contributed by atoms with Crippen molar-refractivity contribution in [2.75, 3.05) is 33.0 Å². The van der Waals surface area contributed by atoms with Crippen LogP contribution < -0.4 is 5.32 Å². The number of ether oxygens (including phenoxy) is 1. The second kappa shape index (κ2) is 5.68. The Morgan fingerprint density at radius 2 is 2.06 bits per heavy atom. The zero-order valence-corrected chi connectivity index (χ0v) is 10.9. The first-order valence-corrected chi connectivity index (χ1v) is 7.46. The highest BCUT2D eigenvalue weighted by atomic mass is 16.5. The maximum atomic E-state index is 5.87. The summed E-state index contributed by atoms with van der Waals surface area (Å²) in [5.74, 6) is 1.77. The molecule has 0 aromatic rings. The summed E-state index contributed by atoms with van der Waals surface area (Å²) in [7, 11) is 0. The highest BCUT2D eigenvalue weighted by Crippen LogP contribution is 2.30. The Morgan fingerprint density at radius 1 is 1.12 bits per heavy atom. The molecule has 2 atom stereocenters. The minimum absolute atomic E-state index is 0.794. The summed E-state index contributed by atoms with van der Waals surface area (Å²) in [6.07, 6.45) is 8.33. The van der Waals surface area contributed by atoms with Gasteiger partial charge in [-0.2, -0.15) is 0 Å². The van der Waals surface area contributed by atoms with Gasteiger partial charge in [-0.25, -0.2) is 0 Å². The van der Waals surface area contributed by atoms with Crippen molar-refractivity contribution >= 4 is 0 Å². The van der Waals surface area contributed by atoms with E-state index < -0.39 is 0 Å².